The van der Waals surface area contributed by atoms with Crippen molar-refractivity contribution in [3.05, 3.63) is 35.6 Å². The predicted molar refractivity (Wildman–Crippen MR) is 125 cm³/mol. The molecular formula is C22H35FIN3O2. The van der Waals surface area contributed by atoms with E-state index in [-0.39, 0.29) is 42.0 Å². The molecule has 1 saturated heterocycles. The third kappa shape index (κ3) is 6.52. The number of aliphatic imine (C=N–C) groups is 1. The number of methoxy groups -OCH3 is 1. The first kappa shape index (κ1) is 24.3. The van der Waals surface area contributed by atoms with Crippen LogP contribution in [0.2, 0.25) is 0 Å². The van der Waals surface area contributed by atoms with Crippen LogP contribution in [0.4, 0.5) is 4.39 Å². The largest absolute Gasteiger partial charge is 0.385 e. The topological polar surface area (TPSA) is 46.1 Å². The molecule has 1 N–H and O–H groups in total. The van der Waals surface area contributed by atoms with Gasteiger partial charge in [-0.25, -0.2) is 4.39 Å². The van der Waals surface area contributed by atoms with Gasteiger partial charge >= 0.3 is 0 Å². The van der Waals surface area contributed by atoms with Gasteiger partial charge in [-0.05, 0) is 56.2 Å². The average molecular weight is 519 g/mol. The Balaban J connectivity index is 0.00000300. The molecule has 1 aliphatic heterocycles. The van der Waals surface area contributed by atoms with Crippen LogP contribution in [0.15, 0.2) is 29.3 Å². The number of benzene rings is 1. The van der Waals surface area contributed by atoms with E-state index >= 15 is 0 Å². The summed E-state index contributed by atoms with van der Waals surface area (Å²) in [7, 11) is 1.77. The third-order valence-corrected chi connectivity index (χ3v) is 5.95. The van der Waals surface area contributed by atoms with Gasteiger partial charge < -0.3 is 19.7 Å². The number of hydrogen-bond acceptors (Lipinski definition) is 3. The van der Waals surface area contributed by atoms with Crippen LogP contribution in [-0.4, -0.2) is 56.9 Å². The van der Waals surface area contributed by atoms with E-state index in [1.165, 1.54) is 31.4 Å². The molecule has 29 heavy (non-hydrogen) atoms. The van der Waals surface area contributed by atoms with E-state index in [9.17, 15) is 4.39 Å². The van der Waals surface area contributed by atoms with Gasteiger partial charge in [0.05, 0.1) is 12.6 Å². The number of nitrogens with zero attached hydrogens (tertiary/aromatic N) is 2. The van der Waals surface area contributed by atoms with Crippen LogP contribution in [0.25, 0.3) is 0 Å². The average Bonchev–Trinajstić information content (AvgIpc) is 2.66. The highest BCUT2D eigenvalue weighted by Gasteiger charge is 2.37. The van der Waals surface area contributed by atoms with Gasteiger partial charge in [-0.3, -0.25) is 4.99 Å². The number of rotatable bonds is 7. The Morgan fingerprint density at radius 3 is 2.62 bits per heavy atom. The summed E-state index contributed by atoms with van der Waals surface area (Å²) in [5.41, 5.74) is 1.30. The minimum Gasteiger partial charge on any atom is -0.385 e. The van der Waals surface area contributed by atoms with Crippen molar-refractivity contribution in [3.8, 4) is 0 Å². The zero-order valence-electron chi connectivity index (χ0n) is 17.8. The lowest BCUT2D eigenvalue weighted by Gasteiger charge is -2.42. The minimum absolute atomic E-state index is 0. The molecule has 1 aliphatic carbocycles. The first-order valence-electron chi connectivity index (χ1n) is 10.5. The molecule has 0 aromatic heterocycles. The fourth-order valence-corrected chi connectivity index (χ4v) is 4.14. The summed E-state index contributed by atoms with van der Waals surface area (Å²) in [6, 6.07) is 6.62. The number of guanidine groups is 1. The molecule has 1 saturated carbocycles. The number of nitrogens with one attached hydrogen (secondary N) is 1. The molecule has 164 valence electrons. The molecule has 5 nitrogen and oxygen atoms in total. The van der Waals surface area contributed by atoms with Gasteiger partial charge in [0.2, 0.25) is 0 Å². The van der Waals surface area contributed by atoms with Gasteiger partial charge in [-0.1, -0.05) is 18.6 Å². The van der Waals surface area contributed by atoms with Crippen LogP contribution in [0.1, 0.15) is 51.2 Å². The predicted octanol–water partition coefficient (Wildman–Crippen LogP) is 4.38. The van der Waals surface area contributed by atoms with Gasteiger partial charge in [0, 0.05) is 33.4 Å². The Morgan fingerprint density at radius 1 is 1.31 bits per heavy atom. The molecule has 3 rings (SSSR count). The monoisotopic (exact) mass is 519 g/mol. The standard InChI is InChI=1S/C22H34FN3O2.HI/c1-4-24-21(25-16-22(10-5-11-22)12-13-27-3)26-14-17(2)28-20(15-26)18-6-8-19(23)9-7-18;/h6-9,17,20H,4-5,10-16H2,1-3H3,(H,24,25);1H. The normalized spacial score (nSPS) is 23.9. The maximum absolute atomic E-state index is 13.3. The number of halogens is 2. The molecule has 0 radical (unpaired) electrons. The Morgan fingerprint density at radius 2 is 2.03 bits per heavy atom. The lowest BCUT2D eigenvalue weighted by Crippen LogP contribution is -2.51. The van der Waals surface area contributed by atoms with Crippen LogP contribution in [-0.2, 0) is 9.47 Å². The number of morpholine rings is 1. The Labute approximate surface area is 191 Å². The summed E-state index contributed by atoms with van der Waals surface area (Å²) in [6.45, 7) is 8.16. The van der Waals surface area contributed by atoms with Crippen LogP contribution in [0, 0.1) is 11.2 Å². The molecular weight excluding hydrogens is 484 g/mol. The first-order valence-corrected chi connectivity index (χ1v) is 10.5. The molecule has 2 unspecified atom stereocenters. The molecule has 0 spiro atoms. The van der Waals surface area contributed by atoms with Crippen molar-refractivity contribution in [3.63, 3.8) is 0 Å². The van der Waals surface area contributed by atoms with Gasteiger partial charge in [0.1, 0.15) is 11.9 Å². The molecule has 7 heteroatoms. The third-order valence-electron chi connectivity index (χ3n) is 5.95. The number of hydrogen-bond donors (Lipinski definition) is 1. The molecule has 2 atom stereocenters. The van der Waals surface area contributed by atoms with E-state index in [1.807, 2.05) is 12.1 Å². The van der Waals surface area contributed by atoms with Crippen molar-refractivity contribution in [2.45, 2.75) is 51.7 Å². The maximum atomic E-state index is 13.3. The highest BCUT2D eigenvalue weighted by Crippen LogP contribution is 2.44. The van der Waals surface area contributed by atoms with Crippen molar-refractivity contribution >= 4 is 29.9 Å². The van der Waals surface area contributed by atoms with Crippen molar-refractivity contribution in [1.29, 1.82) is 0 Å². The highest BCUT2D eigenvalue weighted by molar-refractivity contribution is 14.0. The fourth-order valence-electron chi connectivity index (χ4n) is 4.14. The summed E-state index contributed by atoms with van der Waals surface area (Å²) in [5.74, 6) is 0.731. The zero-order valence-corrected chi connectivity index (χ0v) is 20.2. The van der Waals surface area contributed by atoms with Crippen molar-refractivity contribution in [1.82, 2.24) is 10.2 Å². The highest BCUT2D eigenvalue weighted by atomic mass is 127. The van der Waals surface area contributed by atoms with Gasteiger partial charge in [0.25, 0.3) is 0 Å². The van der Waals surface area contributed by atoms with E-state index in [2.05, 4.69) is 24.1 Å². The Kier molecular flexibility index (Phi) is 9.62. The van der Waals surface area contributed by atoms with E-state index in [4.69, 9.17) is 14.5 Å². The number of ether oxygens (including phenoxy) is 2. The molecule has 0 amide bonds. The lowest BCUT2D eigenvalue weighted by molar-refractivity contribution is -0.0606. The van der Waals surface area contributed by atoms with Crippen molar-refractivity contribution < 1.29 is 13.9 Å². The second-order valence-corrected chi connectivity index (χ2v) is 8.16. The van der Waals surface area contributed by atoms with Gasteiger partial charge in [-0.15, -0.1) is 24.0 Å². The van der Waals surface area contributed by atoms with Crippen LogP contribution >= 0.6 is 24.0 Å². The van der Waals surface area contributed by atoms with Crippen LogP contribution < -0.4 is 5.32 Å². The van der Waals surface area contributed by atoms with E-state index in [0.717, 1.165) is 44.2 Å². The van der Waals surface area contributed by atoms with Gasteiger partial charge in [0.15, 0.2) is 5.96 Å². The summed E-state index contributed by atoms with van der Waals surface area (Å²) in [6.07, 6.45) is 4.83. The second-order valence-electron chi connectivity index (χ2n) is 8.16. The molecule has 1 heterocycles. The van der Waals surface area contributed by atoms with Crippen LogP contribution in [0.3, 0.4) is 0 Å². The molecule has 1 aromatic carbocycles. The van der Waals surface area contributed by atoms with E-state index in [1.54, 1.807) is 7.11 Å². The SMILES string of the molecule is CCNC(=NCC1(CCOC)CCC1)N1CC(C)OC(c2ccc(F)cc2)C1.I. The lowest BCUT2D eigenvalue weighted by atomic mass is 9.67. The minimum atomic E-state index is -0.221. The van der Waals surface area contributed by atoms with Crippen molar-refractivity contribution in [2.75, 3.05) is 39.9 Å². The quantitative estimate of drug-likeness (QED) is 0.330. The molecule has 2 fully saturated rings. The Hall–Kier alpha value is -0.930. The van der Waals surface area contributed by atoms with Gasteiger partial charge in [-0.2, -0.15) is 0 Å². The molecule has 0 bridgehead atoms. The summed E-state index contributed by atoms with van der Waals surface area (Å²) in [4.78, 5) is 7.31. The smallest absolute Gasteiger partial charge is 0.194 e. The molecule has 2 aliphatic rings. The first-order chi connectivity index (χ1) is 13.5. The zero-order chi connectivity index (χ0) is 20.0. The fraction of sp³-hybridized carbons (Fsp3) is 0.682. The summed E-state index contributed by atoms with van der Waals surface area (Å²) in [5, 5.41) is 3.46. The van der Waals surface area contributed by atoms with E-state index in [0.29, 0.717) is 12.0 Å². The molecule has 1 aromatic rings. The second kappa shape index (κ2) is 11.5. The summed E-state index contributed by atoms with van der Waals surface area (Å²) >= 11 is 0. The Bertz CT molecular complexity index is 652. The maximum Gasteiger partial charge on any atom is 0.194 e. The summed E-state index contributed by atoms with van der Waals surface area (Å²) < 4.78 is 24.7. The van der Waals surface area contributed by atoms with E-state index < -0.39 is 0 Å². The van der Waals surface area contributed by atoms with Crippen LogP contribution in [0.5, 0.6) is 0 Å². The van der Waals surface area contributed by atoms with Crippen molar-refractivity contribution in [2.24, 2.45) is 10.4 Å².